The molecule has 2 atom stereocenters. The lowest BCUT2D eigenvalue weighted by Crippen LogP contribution is -2.29. The Morgan fingerprint density at radius 3 is 2.52 bits per heavy atom. The lowest BCUT2D eigenvalue weighted by molar-refractivity contribution is -0.157. The molecule has 2 aromatic carbocycles. The molecule has 3 rings (SSSR count). The first kappa shape index (κ1) is 24.8. The van der Waals surface area contributed by atoms with Crippen molar-refractivity contribution in [3.63, 3.8) is 0 Å². The van der Waals surface area contributed by atoms with Gasteiger partial charge in [-0.05, 0) is 51.3 Å². The van der Waals surface area contributed by atoms with Gasteiger partial charge in [0.15, 0.2) is 0 Å². The van der Waals surface area contributed by atoms with Crippen molar-refractivity contribution in [3.05, 3.63) is 54.6 Å². The number of furan rings is 1. The number of esters is 1. The second-order valence-electron chi connectivity index (χ2n) is 9.10. The Morgan fingerprint density at radius 1 is 1.06 bits per heavy atom. The molecule has 0 spiro atoms. The van der Waals surface area contributed by atoms with Gasteiger partial charge in [-0.15, -0.1) is 0 Å². The quantitative estimate of drug-likeness (QED) is 0.365. The van der Waals surface area contributed by atoms with Crippen LogP contribution in [0.2, 0.25) is 0 Å². The van der Waals surface area contributed by atoms with Crippen molar-refractivity contribution < 1.29 is 28.9 Å². The van der Waals surface area contributed by atoms with E-state index in [0.717, 1.165) is 22.3 Å². The zero-order chi connectivity index (χ0) is 23.8. The number of carbonyl (C=O) groups is 1. The van der Waals surface area contributed by atoms with Crippen LogP contribution in [0.3, 0.4) is 0 Å². The van der Waals surface area contributed by atoms with Crippen LogP contribution in [0.4, 0.5) is 0 Å². The number of aliphatic hydroxyl groups excluding tert-OH is 2. The second kappa shape index (κ2) is 11.3. The molecule has 2 N–H and O–H groups in total. The first-order valence-electron chi connectivity index (χ1n) is 11.5. The van der Waals surface area contributed by atoms with Gasteiger partial charge in [-0.1, -0.05) is 37.3 Å². The van der Waals surface area contributed by atoms with Gasteiger partial charge in [-0.3, -0.25) is 4.79 Å². The van der Waals surface area contributed by atoms with E-state index >= 15 is 0 Å². The number of rotatable bonds is 12. The van der Waals surface area contributed by atoms with Gasteiger partial charge < -0.3 is 24.1 Å². The standard InChI is InChI=1S/C27H34O6/c1-4-27(2,3)26(30)32-18-22(29)12-10-19(16-28)17-31-23-13-11-21-14-24(33-25(21)15-23)20-8-6-5-7-9-20/h5-9,11,13-15,19,22,28-29H,4,10,12,16-18H2,1-3H3. The van der Waals surface area contributed by atoms with Gasteiger partial charge in [-0.2, -0.15) is 0 Å². The molecular weight excluding hydrogens is 420 g/mol. The highest BCUT2D eigenvalue weighted by atomic mass is 16.5. The van der Waals surface area contributed by atoms with E-state index in [1.54, 1.807) is 0 Å². The number of fused-ring (bicyclic) bond motifs is 1. The maximum absolute atomic E-state index is 12.0. The van der Waals surface area contributed by atoms with Gasteiger partial charge in [0.05, 0.1) is 18.1 Å². The predicted octanol–water partition coefficient (Wildman–Crippen LogP) is 5.21. The van der Waals surface area contributed by atoms with Gasteiger partial charge in [0.1, 0.15) is 23.7 Å². The fourth-order valence-electron chi connectivity index (χ4n) is 3.31. The number of hydrogen-bond donors (Lipinski definition) is 2. The minimum atomic E-state index is -0.772. The van der Waals surface area contributed by atoms with Crippen molar-refractivity contribution in [2.24, 2.45) is 11.3 Å². The Morgan fingerprint density at radius 2 is 1.82 bits per heavy atom. The molecule has 3 aromatic rings. The molecule has 0 aliphatic heterocycles. The van der Waals surface area contributed by atoms with Crippen LogP contribution in [-0.4, -0.2) is 42.1 Å². The van der Waals surface area contributed by atoms with Crippen molar-refractivity contribution in [3.8, 4) is 17.1 Å². The third-order valence-electron chi connectivity index (χ3n) is 6.05. The SMILES string of the molecule is CCC(C)(C)C(=O)OCC(O)CCC(CO)COc1ccc2cc(-c3ccccc3)oc2c1. The summed E-state index contributed by atoms with van der Waals surface area (Å²) in [5.41, 5.74) is 1.19. The summed E-state index contributed by atoms with van der Waals surface area (Å²) in [5.74, 6) is 1.00. The van der Waals surface area contributed by atoms with Gasteiger partial charge in [-0.25, -0.2) is 0 Å². The summed E-state index contributed by atoms with van der Waals surface area (Å²) in [4.78, 5) is 12.0. The Hall–Kier alpha value is -2.83. The molecule has 1 aromatic heterocycles. The van der Waals surface area contributed by atoms with Crippen molar-refractivity contribution in [2.75, 3.05) is 19.8 Å². The van der Waals surface area contributed by atoms with Crippen LogP contribution in [-0.2, 0) is 9.53 Å². The molecular formula is C27H34O6. The predicted molar refractivity (Wildman–Crippen MR) is 128 cm³/mol. The molecule has 2 unspecified atom stereocenters. The molecule has 0 saturated heterocycles. The third kappa shape index (κ3) is 6.83. The zero-order valence-electron chi connectivity index (χ0n) is 19.6. The summed E-state index contributed by atoms with van der Waals surface area (Å²) < 4.78 is 17.1. The van der Waals surface area contributed by atoms with E-state index in [4.69, 9.17) is 13.9 Å². The topological polar surface area (TPSA) is 89.1 Å². The Balaban J connectivity index is 1.49. The van der Waals surface area contributed by atoms with Crippen LogP contribution in [0.5, 0.6) is 5.75 Å². The highest BCUT2D eigenvalue weighted by molar-refractivity contribution is 5.84. The van der Waals surface area contributed by atoms with E-state index in [2.05, 4.69) is 0 Å². The molecule has 0 amide bonds. The Kier molecular flexibility index (Phi) is 8.53. The summed E-state index contributed by atoms with van der Waals surface area (Å²) in [5, 5.41) is 20.9. The third-order valence-corrected chi connectivity index (χ3v) is 6.05. The summed E-state index contributed by atoms with van der Waals surface area (Å²) in [6.45, 7) is 5.78. The number of carbonyl (C=O) groups excluding carboxylic acids is 1. The molecule has 178 valence electrons. The van der Waals surface area contributed by atoms with Crippen molar-refractivity contribution in [1.29, 1.82) is 0 Å². The minimum absolute atomic E-state index is 0.0415. The van der Waals surface area contributed by atoms with Crippen molar-refractivity contribution in [1.82, 2.24) is 0 Å². The fraction of sp³-hybridized carbons (Fsp3) is 0.444. The highest BCUT2D eigenvalue weighted by Gasteiger charge is 2.27. The zero-order valence-corrected chi connectivity index (χ0v) is 19.6. The molecule has 0 saturated carbocycles. The molecule has 6 nitrogen and oxygen atoms in total. The normalized spacial score (nSPS) is 13.6. The number of benzene rings is 2. The van der Waals surface area contributed by atoms with E-state index < -0.39 is 11.5 Å². The van der Waals surface area contributed by atoms with Gasteiger partial charge in [0, 0.05) is 29.5 Å². The molecule has 1 heterocycles. The van der Waals surface area contributed by atoms with E-state index in [1.807, 2.05) is 75.4 Å². The van der Waals surface area contributed by atoms with Crippen molar-refractivity contribution >= 4 is 16.9 Å². The molecule has 0 aliphatic rings. The monoisotopic (exact) mass is 454 g/mol. The molecule has 0 aliphatic carbocycles. The van der Waals surface area contributed by atoms with Crippen LogP contribution >= 0.6 is 0 Å². The fourth-order valence-corrected chi connectivity index (χ4v) is 3.31. The minimum Gasteiger partial charge on any atom is -0.493 e. The van der Waals surface area contributed by atoms with Crippen LogP contribution in [0.15, 0.2) is 59.0 Å². The molecule has 0 radical (unpaired) electrons. The molecule has 6 heteroatoms. The van der Waals surface area contributed by atoms with Crippen LogP contribution in [0.25, 0.3) is 22.3 Å². The maximum atomic E-state index is 12.0. The van der Waals surface area contributed by atoms with Crippen LogP contribution < -0.4 is 4.74 Å². The lowest BCUT2D eigenvalue weighted by Gasteiger charge is -2.22. The smallest absolute Gasteiger partial charge is 0.311 e. The largest absolute Gasteiger partial charge is 0.493 e. The van der Waals surface area contributed by atoms with E-state index in [-0.39, 0.29) is 25.1 Å². The van der Waals surface area contributed by atoms with Gasteiger partial charge in [0.2, 0.25) is 0 Å². The Labute approximate surface area is 195 Å². The van der Waals surface area contributed by atoms with Gasteiger partial charge >= 0.3 is 5.97 Å². The molecule has 0 bridgehead atoms. The number of aliphatic hydroxyl groups is 2. The molecule has 0 fully saturated rings. The Bertz CT molecular complexity index is 1020. The summed E-state index contributed by atoms with van der Waals surface area (Å²) in [6.07, 6.45) is 0.856. The van der Waals surface area contributed by atoms with E-state index in [9.17, 15) is 15.0 Å². The van der Waals surface area contributed by atoms with E-state index in [1.165, 1.54) is 0 Å². The van der Waals surface area contributed by atoms with Crippen LogP contribution in [0, 0.1) is 11.3 Å². The summed E-state index contributed by atoms with van der Waals surface area (Å²) >= 11 is 0. The lowest BCUT2D eigenvalue weighted by atomic mass is 9.91. The summed E-state index contributed by atoms with van der Waals surface area (Å²) in [6, 6.07) is 17.6. The number of hydrogen-bond acceptors (Lipinski definition) is 6. The molecule has 33 heavy (non-hydrogen) atoms. The average molecular weight is 455 g/mol. The van der Waals surface area contributed by atoms with E-state index in [0.29, 0.717) is 31.6 Å². The maximum Gasteiger partial charge on any atom is 0.311 e. The van der Waals surface area contributed by atoms with Crippen molar-refractivity contribution in [2.45, 2.75) is 46.1 Å². The first-order valence-corrected chi connectivity index (χ1v) is 11.5. The first-order chi connectivity index (χ1) is 15.8. The number of ether oxygens (including phenoxy) is 2. The van der Waals surface area contributed by atoms with Gasteiger partial charge in [0.25, 0.3) is 0 Å². The second-order valence-corrected chi connectivity index (χ2v) is 9.10. The average Bonchev–Trinajstić information content (AvgIpc) is 3.26. The highest BCUT2D eigenvalue weighted by Crippen LogP contribution is 2.30. The summed E-state index contributed by atoms with van der Waals surface area (Å²) in [7, 11) is 0. The van der Waals surface area contributed by atoms with Crippen LogP contribution in [0.1, 0.15) is 40.0 Å².